The zero-order valence-corrected chi connectivity index (χ0v) is 13.2. The summed E-state index contributed by atoms with van der Waals surface area (Å²) in [6.07, 6.45) is 8.79. The van der Waals surface area contributed by atoms with Crippen LogP contribution < -0.4 is 10.5 Å². The lowest BCUT2D eigenvalue weighted by Gasteiger charge is -2.07. The molecule has 21 heavy (non-hydrogen) atoms. The fourth-order valence-corrected chi connectivity index (χ4v) is 2.26. The first-order chi connectivity index (χ1) is 10.2. The van der Waals surface area contributed by atoms with Gasteiger partial charge in [-0.2, -0.15) is 0 Å². The minimum absolute atomic E-state index is 0.127. The van der Waals surface area contributed by atoms with Crippen molar-refractivity contribution in [1.82, 2.24) is 0 Å². The maximum atomic E-state index is 11.6. The number of unbranched alkanes of at least 4 members (excludes halogenated alkanes) is 5. The quantitative estimate of drug-likeness (QED) is 0.375. The molecule has 0 aliphatic heterocycles. The van der Waals surface area contributed by atoms with Crippen molar-refractivity contribution in [3.05, 3.63) is 30.3 Å². The van der Waals surface area contributed by atoms with E-state index in [0.29, 0.717) is 18.1 Å². The van der Waals surface area contributed by atoms with Crippen LogP contribution in [0.3, 0.4) is 0 Å². The number of ether oxygens (including phenoxy) is 1. The lowest BCUT2D eigenvalue weighted by atomic mass is 10.0. The Labute approximate surface area is 128 Å². The predicted octanol–water partition coefficient (Wildman–Crippen LogP) is 4.31. The molecule has 0 aliphatic rings. The highest BCUT2D eigenvalue weighted by molar-refractivity contribution is 5.72. The van der Waals surface area contributed by atoms with Crippen molar-refractivity contribution in [2.45, 2.75) is 58.3 Å². The van der Waals surface area contributed by atoms with E-state index in [-0.39, 0.29) is 5.97 Å². The van der Waals surface area contributed by atoms with Gasteiger partial charge in [0, 0.05) is 6.42 Å². The fourth-order valence-electron chi connectivity index (χ4n) is 2.26. The van der Waals surface area contributed by atoms with E-state index in [4.69, 9.17) is 10.5 Å². The highest BCUT2D eigenvalue weighted by Gasteiger charge is 2.04. The molecule has 0 radical (unpaired) electrons. The molecular formula is C18H29NO2. The van der Waals surface area contributed by atoms with Gasteiger partial charge in [0.2, 0.25) is 0 Å². The second-order valence-corrected chi connectivity index (χ2v) is 5.79. The largest absolute Gasteiger partial charge is 0.427 e. The van der Waals surface area contributed by atoms with E-state index in [1.807, 2.05) is 18.2 Å². The zero-order chi connectivity index (χ0) is 15.3. The summed E-state index contributed by atoms with van der Waals surface area (Å²) in [5.74, 6) is 1.16. The fraction of sp³-hybridized carbons (Fsp3) is 0.611. The molecule has 0 aromatic heterocycles. The molecule has 118 valence electrons. The molecule has 3 nitrogen and oxygen atoms in total. The molecule has 0 spiro atoms. The second-order valence-electron chi connectivity index (χ2n) is 5.79. The summed E-state index contributed by atoms with van der Waals surface area (Å²) >= 11 is 0. The smallest absolute Gasteiger partial charge is 0.311 e. The minimum Gasteiger partial charge on any atom is -0.427 e. The van der Waals surface area contributed by atoms with Crippen molar-refractivity contribution in [2.24, 2.45) is 11.7 Å². The van der Waals surface area contributed by atoms with Gasteiger partial charge < -0.3 is 10.5 Å². The van der Waals surface area contributed by atoms with Gasteiger partial charge in [-0.05, 0) is 37.4 Å². The summed E-state index contributed by atoms with van der Waals surface area (Å²) in [6.45, 7) is 3.00. The lowest BCUT2D eigenvalue weighted by molar-refractivity contribution is -0.134. The molecule has 1 atom stereocenters. The first-order valence-corrected chi connectivity index (χ1v) is 8.18. The SMILES string of the molecule is CC(CN)CCCCCCCCC(=O)Oc1ccccc1. The van der Waals surface area contributed by atoms with Crippen molar-refractivity contribution < 1.29 is 9.53 Å². The van der Waals surface area contributed by atoms with Gasteiger partial charge >= 0.3 is 5.97 Å². The van der Waals surface area contributed by atoms with E-state index >= 15 is 0 Å². The molecule has 0 fully saturated rings. The summed E-state index contributed by atoms with van der Waals surface area (Å²) < 4.78 is 5.25. The van der Waals surface area contributed by atoms with Gasteiger partial charge in [0.15, 0.2) is 0 Å². The summed E-state index contributed by atoms with van der Waals surface area (Å²) in [5, 5.41) is 0. The first-order valence-electron chi connectivity index (χ1n) is 8.18. The summed E-state index contributed by atoms with van der Waals surface area (Å²) in [7, 11) is 0. The van der Waals surface area contributed by atoms with Gasteiger partial charge in [-0.15, -0.1) is 0 Å². The van der Waals surface area contributed by atoms with Gasteiger partial charge in [-0.1, -0.05) is 57.2 Å². The number of rotatable bonds is 11. The number of hydrogen-bond donors (Lipinski definition) is 1. The first kappa shape index (κ1) is 17.7. The minimum atomic E-state index is -0.127. The van der Waals surface area contributed by atoms with E-state index in [1.54, 1.807) is 12.1 Å². The van der Waals surface area contributed by atoms with Crippen molar-refractivity contribution in [2.75, 3.05) is 6.54 Å². The monoisotopic (exact) mass is 291 g/mol. The number of hydrogen-bond acceptors (Lipinski definition) is 3. The highest BCUT2D eigenvalue weighted by Crippen LogP contribution is 2.13. The number of nitrogens with two attached hydrogens (primary N) is 1. The highest BCUT2D eigenvalue weighted by atomic mass is 16.5. The molecule has 0 amide bonds. The van der Waals surface area contributed by atoms with Gasteiger partial charge in [-0.3, -0.25) is 4.79 Å². The molecule has 1 aromatic rings. The van der Waals surface area contributed by atoms with Crippen LogP contribution in [0.4, 0.5) is 0 Å². The van der Waals surface area contributed by atoms with Crippen LogP contribution in [0.15, 0.2) is 30.3 Å². The van der Waals surface area contributed by atoms with Gasteiger partial charge in [0.1, 0.15) is 5.75 Å². The van der Waals surface area contributed by atoms with Crippen LogP contribution in [0, 0.1) is 5.92 Å². The third-order valence-electron chi connectivity index (χ3n) is 3.71. The zero-order valence-electron chi connectivity index (χ0n) is 13.2. The molecule has 1 unspecified atom stereocenters. The Morgan fingerprint density at radius 1 is 1.05 bits per heavy atom. The maximum absolute atomic E-state index is 11.6. The van der Waals surface area contributed by atoms with Crippen LogP contribution in [-0.4, -0.2) is 12.5 Å². The molecular weight excluding hydrogens is 262 g/mol. The van der Waals surface area contributed by atoms with Crippen molar-refractivity contribution >= 4 is 5.97 Å². The molecule has 0 bridgehead atoms. The Morgan fingerprint density at radius 2 is 1.67 bits per heavy atom. The van der Waals surface area contributed by atoms with Crippen LogP contribution in [0.1, 0.15) is 58.3 Å². The van der Waals surface area contributed by atoms with Crippen LogP contribution in [0.25, 0.3) is 0 Å². The topological polar surface area (TPSA) is 52.3 Å². The maximum Gasteiger partial charge on any atom is 0.311 e. The summed E-state index contributed by atoms with van der Waals surface area (Å²) in [5.41, 5.74) is 5.59. The molecule has 3 heteroatoms. The Bertz CT molecular complexity index is 378. The van der Waals surface area contributed by atoms with E-state index in [2.05, 4.69) is 6.92 Å². The van der Waals surface area contributed by atoms with E-state index in [1.165, 1.54) is 32.1 Å². The number of carbonyl (C=O) groups is 1. The molecule has 0 saturated carbocycles. The third kappa shape index (κ3) is 9.24. The number of benzene rings is 1. The van der Waals surface area contributed by atoms with Gasteiger partial charge in [0.25, 0.3) is 0 Å². The van der Waals surface area contributed by atoms with E-state index in [9.17, 15) is 4.79 Å². The van der Waals surface area contributed by atoms with Crippen molar-refractivity contribution in [1.29, 1.82) is 0 Å². The average Bonchev–Trinajstić information content (AvgIpc) is 2.50. The molecule has 0 aliphatic carbocycles. The summed E-state index contributed by atoms with van der Waals surface area (Å²) in [4.78, 5) is 11.6. The van der Waals surface area contributed by atoms with E-state index < -0.39 is 0 Å². The van der Waals surface area contributed by atoms with Gasteiger partial charge in [-0.25, -0.2) is 0 Å². The van der Waals surface area contributed by atoms with Crippen molar-refractivity contribution in [3.8, 4) is 5.75 Å². The average molecular weight is 291 g/mol. The van der Waals surface area contributed by atoms with E-state index in [0.717, 1.165) is 19.4 Å². The Morgan fingerprint density at radius 3 is 2.33 bits per heavy atom. The number of carbonyl (C=O) groups excluding carboxylic acids is 1. The molecule has 0 heterocycles. The second kappa shape index (κ2) is 11.3. The molecule has 1 rings (SSSR count). The normalized spacial score (nSPS) is 12.1. The Balaban J connectivity index is 1.93. The van der Waals surface area contributed by atoms with Crippen LogP contribution in [0.5, 0.6) is 5.75 Å². The number of para-hydroxylation sites is 1. The predicted molar refractivity (Wildman–Crippen MR) is 87.2 cm³/mol. The Kier molecular flexibility index (Phi) is 9.55. The molecule has 2 N–H and O–H groups in total. The standard InChI is InChI=1S/C18H29NO2/c1-16(15-19)11-7-4-2-3-5-10-14-18(20)21-17-12-8-6-9-13-17/h6,8-9,12-13,16H,2-5,7,10-11,14-15,19H2,1H3. The summed E-state index contributed by atoms with van der Waals surface area (Å²) in [6, 6.07) is 9.26. The van der Waals surface area contributed by atoms with Gasteiger partial charge in [0.05, 0.1) is 0 Å². The third-order valence-corrected chi connectivity index (χ3v) is 3.71. The van der Waals surface area contributed by atoms with Crippen LogP contribution in [0.2, 0.25) is 0 Å². The van der Waals surface area contributed by atoms with Crippen LogP contribution in [-0.2, 0) is 4.79 Å². The molecule has 1 aromatic carbocycles. The number of esters is 1. The van der Waals surface area contributed by atoms with Crippen molar-refractivity contribution in [3.63, 3.8) is 0 Å². The molecule has 0 saturated heterocycles. The lowest BCUT2D eigenvalue weighted by Crippen LogP contribution is -2.10. The van der Waals surface area contributed by atoms with Crippen LogP contribution >= 0.6 is 0 Å². The Hall–Kier alpha value is -1.35.